The van der Waals surface area contributed by atoms with Crippen molar-refractivity contribution in [2.75, 3.05) is 0 Å². The zero-order valence-electron chi connectivity index (χ0n) is 10.7. The molecule has 2 heterocycles. The minimum atomic E-state index is -1.03. The first-order valence-corrected chi connectivity index (χ1v) is 6.42. The van der Waals surface area contributed by atoms with Gasteiger partial charge in [0.1, 0.15) is 5.82 Å². The highest BCUT2D eigenvalue weighted by Crippen LogP contribution is 2.24. The van der Waals surface area contributed by atoms with Crippen molar-refractivity contribution in [3.05, 3.63) is 58.9 Å². The summed E-state index contributed by atoms with van der Waals surface area (Å²) in [7, 11) is 0. The van der Waals surface area contributed by atoms with Crippen LogP contribution < -0.4 is 0 Å². The first kappa shape index (κ1) is 12.7. The highest BCUT2D eigenvalue weighted by Gasteiger charge is 2.17. The molecule has 20 heavy (non-hydrogen) atoms. The van der Waals surface area contributed by atoms with E-state index in [2.05, 4.69) is 4.98 Å². The smallest absolute Gasteiger partial charge is 0.356 e. The van der Waals surface area contributed by atoms with E-state index in [0.29, 0.717) is 16.4 Å². The predicted octanol–water partition coefficient (Wildman–Crippen LogP) is 3.66. The highest BCUT2D eigenvalue weighted by atomic mass is 35.5. The van der Waals surface area contributed by atoms with E-state index < -0.39 is 5.97 Å². The molecule has 0 saturated heterocycles. The van der Waals surface area contributed by atoms with Crippen LogP contribution in [0.4, 0.5) is 0 Å². The number of hydrogen-bond acceptors (Lipinski definition) is 2. The molecule has 0 bridgehead atoms. The molecule has 1 N–H and O–H groups in total. The molecular formula is C15H11ClN2O2. The van der Waals surface area contributed by atoms with Gasteiger partial charge in [0.05, 0.1) is 5.52 Å². The van der Waals surface area contributed by atoms with Crippen molar-refractivity contribution in [2.45, 2.75) is 6.92 Å². The molecule has 5 heteroatoms. The summed E-state index contributed by atoms with van der Waals surface area (Å²) >= 11 is 5.87. The third kappa shape index (κ3) is 2.04. The summed E-state index contributed by atoms with van der Waals surface area (Å²) < 4.78 is 1.78. The van der Waals surface area contributed by atoms with E-state index >= 15 is 0 Å². The Morgan fingerprint density at radius 2 is 1.95 bits per heavy atom. The molecule has 3 aromatic rings. The Bertz CT molecular complexity index is 807. The van der Waals surface area contributed by atoms with Crippen molar-refractivity contribution in [1.82, 2.24) is 9.38 Å². The normalized spacial score (nSPS) is 10.9. The first-order chi connectivity index (χ1) is 9.56. The number of rotatable bonds is 2. The van der Waals surface area contributed by atoms with Gasteiger partial charge in [0, 0.05) is 16.8 Å². The molecular weight excluding hydrogens is 276 g/mol. The van der Waals surface area contributed by atoms with Crippen molar-refractivity contribution < 1.29 is 9.90 Å². The fourth-order valence-corrected chi connectivity index (χ4v) is 2.28. The Balaban J connectivity index is 2.31. The maximum atomic E-state index is 11.3. The lowest BCUT2D eigenvalue weighted by Gasteiger charge is -2.02. The molecule has 0 spiro atoms. The lowest BCUT2D eigenvalue weighted by Crippen LogP contribution is -1.97. The number of hydrogen-bond donors (Lipinski definition) is 1. The van der Waals surface area contributed by atoms with Gasteiger partial charge in [-0.1, -0.05) is 11.6 Å². The van der Waals surface area contributed by atoms with E-state index in [1.54, 1.807) is 16.5 Å². The van der Waals surface area contributed by atoms with Gasteiger partial charge < -0.3 is 5.11 Å². The molecule has 0 unspecified atom stereocenters. The second-order valence-corrected chi connectivity index (χ2v) is 4.99. The molecule has 3 rings (SSSR count). The number of fused-ring (bicyclic) bond motifs is 1. The van der Waals surface area contributed by atoms with Crippen LogP contribution in [0.1, 0.15) is 16.1 Å². The summed E-state index contributed by atoms with van der Waals surface area (Å²) in [5.41, 5.74) is 2.45. The lowest BCUT2D eigenvalue weighted by molar-refractivity contribution is 0.0693. The van der Waals surface area contributed by atoms with Crippen LogP contribution in [0, 0.1) is 6.92 Å². The Kier molecular flexibility index (Phi) is 2.95. The molecule has 0 radical (unpaired) electrons. The van der Waals surface area contributed by atoms with E-state index in [1.165, 1.54) is 0 Å². The number of benzene rings is 1. The van der Waals surface area contributed by atoms with Gasteiger partial charge in [0.25, 0.3) is 0 Å². The van der Waals surface area contributed by atoms with Gasteiger partial charge in [-0.3, -0.25) is 4.40 Å². The number of pyridine rings is 1. The summed E-state index contributed by atoms with van der Waals surface area (Å²) in [6.45, 7) is 1.92. The van der Waals surface area contributed by atoms with Crippen LogP contribution in [0.15, 0.2) is 42.6 Å². The summed E-state index contributed by atoms with van der Waals surface area (Å²) in [6.07, 6.45) is 1.83. The quantitative estimate of drug-likeness (QED) is 0.782. The molecule has 0 aliphatic heterocycles. The van der Waals surface area contributed by atoms with Crippen molar-refractivity contribution >= 4 is 23.1 Å². The van der Waals surface area contributed by atoms with Crippen LogP contribution in [0.25, 0.3) is 16.9 Å². The average molecular weight is 287 g/mol. The number of carboxylic acids is 1. The zero-order chi connectivity index (χ0) is 14.3. The average Bonchev–Trinajstić information content (AvgIpc) is 2.78. The highest BCUT2D eigenvalue weighted by molar-refractivity contribution is 6.30. The number of halogens is 1. The zero-order valence-corrected chi connectivity index (χ0v) is 11.4. The summed E-state index contributed by atoms with van der Waals surface area (Å²) in [6, 6.07) is 10.9. The maximum absolute atomic E-state index is 11.3. The van der Waals surface area contributed by atoms with Gasteiger partial charge in [-0.05, 0) is 48.9 Å². The van der Waals surface area contributed by atoms with E-state index in [4.69, 9.17) is 11.6 Å². The second kappa shape index (κ2) is 4.65. The summed E-state index contributed by atoms with van der Waals surface area (Å²) in [5.74, 6) is -0.442. The molecule has 4 nitrogen and oxygen atoms in total. The molecule has 1 aromatic carbocycles. The number of carbonyl (C=O) groups is 1. The predicted molar refractivity (Wildman–Crippen MR) is 77.3 cm³/mol. The minimum Gasteiger partial charge on any atom is -0.476 e. The number of aromatic carboxylic acids is 1. The molecule has 0 aliphatic rings. The third-order valence-corrected chi connectivity index (χ3v) is 3.36. The Morgan fingerprint density at radius 1 is 1.25 bits per heavy atom. The number of imidazole rings is 1. The van der Waals surface area contributed by atoms with Crippen LogP contribution in [-0.4, -0.2) is 20.5 Å². The van der Waals surface area contributed by atoms with Gasteiger partial charge >= 0.3 is 5.97 Å². The minimum absolute atomic E-state index is 0.0543. The maximum Gasteiger partial charge on any atom is 0.356 e. The van der Waals surface area contributed by atoms with Crippen LogP contribution in [0.2, 0.25) is 5.02 Å². The van der Waals surface area contributed by atoms with Gasteiger partial charge in [-0.2, -0.15) is 0 Å². The second-order valence-electron chi connectivity index (χ2n) is 4.56. The Hall–Kier alpha value is -2.33. The molecule has 2 aromatic heterocycles. The van der Waals surface area contributed by atoms with E-state index in [-0.39, 0.29) is 5.69 Å². The van der Waals surface area contributed by atoms with Gasteiger partial charge in [-0.15, -0.1) is 0 Å². The lowest BCUT2D eigenvalue weighted by atomic mass is 10.2. The molecule has 0 atom stereocenters. The Morgan fingerprint density at radius 3 is 2.60 bits per heavy atom. The molecule has 0 amide bonds. The third-order valence-electron chi connectivity index (χ3n) is 3.10. The number of carboxylic acid groups (broad SMARTS) is 1. The number of nitrogens with zero attached hydrogens (tertiary/aromatic N) is 2. The summed E-state index contributed by atoms with van der Waals surface area (Å²) in [4.78, 5) is 15.6. The van der Waals surface area contributed by atoms with Gasteiger partial charge in [-0.25, -0.2) is 9.78 Å². The monoisotopic (exact) mass is 286 g/mol. The van der Waals surface area contributed by atoms with Crippen LogP contribution >= 0.6 is 11.6 Å². The number of aromatic nitrogens is 2. The van der Waals surface area contributed by atoms with Crippen molar-refractivity contribution in [3.8, 4) is 11.4 Å². The number of aryl methyl sites for hydroxylation is 1. The van der Waals surface area contributed by atoms with Crippen LogP contribution in [-0.2, 0) is 0 Å². The first-order valence-electron chi connectivity index (χ1n) is 6.04. The topological polar surface area (TPSA) is 54.6 Å². The van der Waals surface area contributed by atoms with E-state index in [9.17, 15) is 9.90 Å². The van der Waals surface area contributed by atoms with Crippen LogP contribution in [0.3, 0.4) is 0 Å². The fourth-order valence-electron chi connectivity index (χ4n) is 2.15. The van der Waals surface area contributed by atoms with Gasteiger partial charge in [0.2, 0.25) is 0 Å². The SMILES string of the molecule is Cc1ccn2c(-c3ccc(Cl)cc3)nc(C(=O)O)c2c1. The van der Waals surface area contributed by atoms with Crippen molar-refractivity contribution in [1.29, 1.82) is 0 Å². The van der Waals surface area contributed by atoms with Crippen molar-refractivity contribution in [3.63, 3.8) is 0 Å². The Labute approximate surface area is 120 Å². The van der Waals surface area contributed by atoms with E-state index in [1.807, 2.05) is 37.4 Å². The fraction of sp³-hybridized carbons (Fsp3) is 0.0667. The largest absolute Gasteiger partial charge is 0.476 e. The standard InChI is InChI=1S/C15H11ClN2O2/c1-9-6-7-18-12(8-9)13(15(19)20)17-14(18)10-2-4-11(16)5-3-10/h2-8H,1H3,(H,19,20). The molecule has 100 valence electrons. The molecule has 0 saturated carbocycles. The van der Waals surface area contributed by atoms with Gasteiger partial charge in [0.15, 0.2) is 5.69 Å². The molecule has 0 fully saturated rings. The van der Waals surface area contributed by atoms with Crippen molar-refractivity contribution in [2.24, 2.45) is 0 Å². The molecule has 0 aliphatic carbocycles. The van der Waals surface area contributed by atoms with E-state index in [0.717, 1.165) is 11.1 Å². The van der Waals surface area contributed by atoms with Crippen LogP contribution in [0.5, 0.6) is 0 Å². The summed E-state index contributed by atoms with van der Waals surface area (Å²) in [5, 5.41) is 9.91.